The first-order valence-electron chi connectivity index (χ1n) is 7.00. The van der Waals surface area contributed by atoms with Crippen LogP contribution >= 0.6 is 11.3 Å². The molecule has 0 aliphatic carbocycles. The molecule has 1 aromatic carbocycles. The molecule has 1 aromatic heterocycles. The van der Waals surface area contributed by atoms with Gasteiger partial charge in [-0.3, -0.25) is 0 Å². The monoisotopic (exact) mass is 276 g/mol. The molecular formula is C15H20N2OS. The maximum Gasteiger partial charge on any atom is 0.120 e. The van der Waals surface area contributed by atoms with Crippen LogP contribution in [0.3, 0.4) is 0 Å². The molecule has 0 spiro atoms. The lowest BCUT2D eigenvalue weighted by Gasteiger charge is -2.32. The van der Waals surface area contributed by atoms with Gasteiger partial charge in [-0.15, -0.1) is 11.3 Å². The lowest BCUT2D eigenvalue weighted by Crippen LogP contribution is -2.43. The van der Waals surface area contributed by atoms with Crippen LogP contribution in [0.2, 0.25) is 0 Å². The van der Waals surface area contributed by atoms with Gasteiger partial charge in [-0.2, -0.15) is 0 Å². The van der Waals surface area contributed by atoms with Crippen LogP contribution in [0.25, 0.3) is 10.2 Å². The van der Waals surface area contributed by atoms with Crippen LogP contribution in [0, 0.1) is 0 Å². The number of nitrogens with one attached hydrogen (secondary N) is 1. The molecule has 2 aromatic rings. The van der Waals surface area contributed by atoms with Gasteiger partial charge in [0.25, 0.3) is 0 Å². The average molecular weight is 276 g/mol. The van der Waals surface area contributed by atoms with Gasteiger partial charge >= 0.3 is 0 Å². The van der Waals surface area contributed by atoms with Crippen LogP contribution in [-0.4, -0.2) is 18.1 Å². The van der Waals surface area contributed by atoms with Crippen molar-refractivity contribution in [1.82, 2.24) is 10.3 Å². The molecule has 19 heavy (non-hydrogen) atoms. The average Bonchev–Trinajstić information content (AvgIpc) is 2.84. The highest BCUT2D eigenvalue weighted by Gasteiger charge is 2.31. The molecule has 0 radical (unpaired) electrons. The normalized spacial score (nSPS) is 23.7. The van der Waals surface area contributed by atoms with Crippen molar-refractivity contribution in [3.63, 3.8) is 0 Å². The number of fused-ring (bicyclic) bond motifs is 1. The number of hydrogen-bond donors (Lipinski definition) is 1. The van der Waals surface area contributed by atoms with E-state index in [1.807, 2.05) is 13.0 Å². The van der Waals surface area contributed by atoms with Crippen LogP contribution in [-0.2, 0) is 5.54 Å². The van der Waals surface area contributed by atoms with Crippen LogP contribution in [0.5, 0.6) is 5.75 Å². The van der Waals surface area contributed by atoms with E-state index in [1.165, 1.54) is 29.0 Å². The van der Waals surface area contributed by atoms with Crippen LogP contribution < -0.4 is 10.1 Å². The lowest BCUT2D eigenvalue weighted by molar-refractivity contribution is 0.283. The summed E-state index contributed by atoms with van der Waals surface area (Å²) in [5.41, 5.74) is 1.13. The van der Waals surface area contributed by atoms with Gasteiger partial charge in [0, 0.05) is 0 Å². The number of aromatic nitrogens is 1. The fraction of sp³-hybridized carbons (Fsp3) is 0.533. The van der Waals surface area contributed by atoms with E-state index in [9.17, 15) is 0 Å². The molecule has 1 aliphatic heterocycles. The molecule has 3 rings (SSSR count). The van der Waals surface area contributed by atoms with Gasteiger partial charge in [-0.05, 0) is 57.9 Å². The molecule has 0 amide bonds. The molecule has 3 nitrogen and oxygen atoms in total. The zero-order chi connectivity index (χ0) is 13.3. The summed E-state index contributed by atoms with van der Waals surface area (Å²) in [6.07, 6.45) is 3.73. The molecule has 0 saturated carbocycles. The van der Waals surface area contributed by atoms with Gasteiger partial charge < -0.3 is 10.1 Å². The minimum atomic E-state index is 0.0493. The Bertz CT molecular complexity index is 573. The van der Waals surface area contributed by atoms with Crippen molar-refractivity contribution in [2.75, 3.05) is 13.2 Å². The third kappa shape index (κ3) is 2.47. The third-order valence-electron chi connectivity index (χ3n) is 3.76. The zero-order valence-corrected chi connectivity index (χ0v) is 12.3. The Morgan fingerprint density at radius 1 is 1.42 bits per heavy atom. The van der Waals surface area contributed by atoms with E-state index in [0.717, 1.165) is 17.8 Å². The molecule has 2 heterocycles. The van der Waals surface area contributed by atoms with Crippen molar-refractivity contribution in [2.24, 2.45) is 0 Å². The number of benzene rings is 1. The Balaban J connectivity index is 1.96. The maximum atomic E-state index is 5.56. The maximum absolute atomic E-state index is 5.56. The van der Waals surface area contributed by atoms with Gasteiger partial charge in [-0.25, -0.2) is 4.98 Å². The summed E-state index contributed by atoms with van der Waals surface area (Å²) in [6, 6.07) is 6.17. The standard InChI is InChI=1S/C15H20N2OS/c1-3-18-11-6-7-12-13(10-11)19-14(17-12)15(2)8-4-5-9-16-15/h6-7,10,16H,3-5,8-9H2,1-2H3. The van der Waals surface area contributed by atoms with Gasteiger partial charge in [0.1, 0.15) is 10.8 Å². The van der Waals surface area contributed by atoms with E-state index in [4.69, 9.17) is 9.72 Å². The molecule has 4 heteroatoms. The fourth-order valence-corrected chi connectivity index (χ4v) is 3.78. The quantitative estimate of drug-likeness (QED) is 0.928. The molecule has 1 atom stereocenters. The SMILES string of the molecule is CCOc1ccc2nc(C3(C)CCCCN3)sc2c1. The Hall–Kier alpha value is -1.13. The van der Waals surface area contributed by atoms with Crippen molar-refractivity contribution >= 4 is 21.6 Å². The Kier molecular flexibility index (Phi) is 3.46. The smallest absolute Gasteiger partial charge is 0.120 e. The zero-order valence-electron chi connectivity index (χ0n) is 11.5. The first-order valence-corrected chi connectivity index (χ1v) is 7.82. The Morgan fingerprint density at radius 3 is 3.05 bits per heavy atom. The molecule has 1 fully saturated rings. The summed E-state index contributed by atoms with van der Waals surface area (Å²) < 4.78 is 6.77. The third-order valence-corrected chi connectivity index (χ3v) is 5.04. The summed E-state index contributed by atoms with van der Waals surface area (Å²) in [4.78, 5) is 4.81. The summed E-state index contributed by atoms with van der Waals surface area (Å²) in [5, 5.41) is 4.83. The van der Waals surface area contributed by atoms with Gasteiger partial charge in [0.05, 0.1) is 22.4 Å². The summed E-state index contributed by atoms with van der Waals surface area (Å²) in [7, 11) is 0. The van der Waals surface area contributed by atoms with Crippen molar-refractivity contribution in [1.29, 1.82) is 0 Å². The lowest BCUT2D eigenvalue weighted by atomic mass is 9.92. The van der Waals surface area contributed by atoms with E-state index >= 15 is 0 Å². The van der Waals surface area contributed by atoms with Crippen LogP contribution in [0.4, 0.5) is 0 Å². The second-order valence-corrected chi connectivity index (χ2v) is 6.33. The number of thiazole rings is 1. The van der Waals surface area contributed by atoms with E-state index in [0.29, 0.717) is 6.61 Å². The van der Waals surface area contributed by atoms with Crippen LogP contribution in [0.15, 0.2) is 18.2 Å². The Morgan fingerprint density at radius 2 is 2.32 bits per heavy atom. The molecule has 102 valence electrons. The predicted octanol–water partition coefficient (Wildman–Crippen LogP) is 3.68. The van der Waals surface area contributed by atoms with Crippen molar-refractivity contribution < 1.29 is 4.74 Å². The minimum absolute atomic E-state index is 0.0493. The van der Waals surface area contributed by atoms with Crippen molar-refractivity contribution in [2.45, 2.75) is 38.6 Å². The highest BCUT2D eigenvalue weighted by molar-refractivity contribution is 7.18. The van der Waals surface area contributed by atoms with Gasteiger partial charge in [0.15, 0.2) is 0 Å². The second kappa shape index (κ2) is 5.10. The first-order chi connectivity index (χ1) is 9.21. The number of rotatable bonds is 3. The summed E-state index contributed by atoms with van der Waals surface area (Å²) in [6.45, 7) is 6.08. The fourth-order valence-electron chi connectivity index (χ4n) is 2.64. The number of piperidine rings is 1. The van der Waals surface area contributed by atoms with E-state index in [-0.39, 0.29) is 5.54 Å². The molecular weight excluding hydrogens is 256 g/mol. The molecule has 1 aliphatic rings. The molecule has 1 N–H and O–H groups in total. The number of ether oxygens (including phenoxy) is 1. The molecule has 0 bridgehead atoms. The largest absolute Gasteiger partial charge is 0.494 e. The van der Waals surface area contributed by atoms with E-state index in [1.54, 1.807) is 11.3 Å². The minimum Gasteiger partial charge on any atom is -0.494 e. The highest BCUT2D eigenvalue weighted by atomic mass is 32.1. The van der Waals surface area contributed by atoms with Crippen molar-refractivity contribution in [3.05, 3.63) is 23.2 Å². The summed E-state index contributed by atoms with van der Waals surface area (Å²) in [5.74, 6) is 0.937. The summed E-state index contributed by atoms with van der Waals surface area (Å²) >= 11 is 1.79. The predicted molar refractivity (Wildman–Crippen MR) is 80.0 cm³/mol. The van der Waals surface area contributed by atoms with E-state index < -0.39 is 0 Å². The number of hydrogen-bond acceptors (Lipinski definition) is 4. The Labute approximate surface area is 118 Å². The topological polar surface area (TPSA) is 34.1 Å². The van der Waals surface area contributed by atoms with Gasteiger partial charge in [-0.1, -0.05) is 0 Å². The van der Waals surface area contributed by atoms with Crippen LogP contribution in [0.1, 0.15) is 38.1 Å². The first kappa shape index (κ1) is 12.9. The second-order valence-electron chi connectivity index (χ2n) is 5.30. The highest BCUT2D eigenvalue weighted by Crippen LogP contribution is 2.36. The van der Waals surface area contributed by atoms with E-state index in [2.05, 4.69) is 24.4 Å². The molecule has 1 unspecified atom stereocenters. The number of nitrogens with zero attached hydrogens (tertiary/aromatic N) is 1. The van der Waals surface area contributed by atoms with Gasteiger partial charge in [0.2, 0.25) is 0 Å². The van der Waals surface area contributed by atoms with Crippen molar-refractivity contribution in [3.8, 4) is 5.75 Å². The molecule has 1 saturated heterocycles.